The average molecular weight is 249 g/mol. The molecule has 0 aromatic carbocycles. The van der Waals surface area contributed by atoms with Gasteiger partial charge in [0.2, 0.25) is 0 Å². The van der Waals surface area contributed by atoms with E-state index in [1.54, 1.807) is 0 Å². The number of thioether (sulfide) groups is 1. The molecule has 0 aliphatic heterocycles. The van der Waals surface area contributed by atoms with Crippen LogP contribution in [0.25, 0.3) is 0 Å². The number of hydrogen-bond donors (Lipinski definition) is 2. The van der Waals surface area contributed by atoms with Gasteiger partial charge in [0.25, 0.3) is 0 Å². The molecule has 0 radical (unpaired) electrons. The third-order valence-corrected chi connectivity index (χ3v) is 2.91. The van der Waals surface area contributed by atoms with Gasteiger partial charge in [-0.3, -0.25) is 9.59 Å². The van der Waals surface area contributed by atoms with Crippen LogP contribution < -0.4 is 5.73 Å². The standard InChI is InChI=1S/C10H19NO4S/c1-2-3-5-15-9(12)4-6-16-7-8(11)10(13)14/h8H,2-7,11H2,1H3,(H,13,14)/t8-/m0/s1. The van der Waals surface area contributed by atoms with E-state index in [2.05, 4.69) is 0 Å². The number of rotatable bonds is 9. The lowest BCUT2D eigenvalue weighted by atomic mass is 10.4. The maximum atomic E-state index is 11.1. The van der Waals surface area contributed by atoms with E-state index in [1.165, 1.54) is 11.8 Å². The average Bonchev–Trinajstić information content (AvgIpc) is 2.24. The van der Waals surface area contributed by atoms with Crippen LogP contribution in [0.1, 0.15) is 26.2 Å². The van der Waals surface area contributed by atoms with Gasteiger partial charge in [-0.25, -0.2) is 0 Å². The summed E-state index contributed by atoms with van der Waals surface area (Å²) in [6.45, 7) is 2.49. The maximum Gasteiger partial charge on any atom is 0.321 e. The van der Waals surface area contributed by atoms with Gasteiger partial charge < -0.3 is 15.6 Å². The van der Waals surface area contributed by atoms with E-state index >= 15 is 0 Å². The zero-order valence-electron chi connectivity index (χ0n) is 9.48. The number of carboxylic acids is 1. The first-order valence-corrected chi connectivity index (χ1v) is 6.45. The fourth-order valence-corrected chi connectivity index (χ4v) is 1.71. The van der Waals surface area contributed by atoms with Crippen molar-refractivity contribution in [2.45, 2.75) is 32.2 Å². The Morgan fingerprint density at radius 2 is 2.19 bits per heavy atom. The fraction of sp³-hybridized carbons (Fsp3) is 0.800. The number of esters is 1. The van der Waals surface area contributed by atoms with E-state index in [1.807, 2.05) is 6.92 Å². The van der Waals surface area contributed by atoms with Crippen LogP contribution in [0.4, 0.5) is 0 Å². The van der Waals surface area contributed by atoms with Crippen LogP contribution in [0.2, 0.25) is 0 Å². The minimum absolute atomic E-state index is 0.232. The molecule has 16 heavy (non-hydrogen) atoms. The van der Waals surface area contributed by atoms with Gasteiger partial charge in [-0.15, -0.1) is 0 Å². The first-order chi connectivity index (χ1) is 7.57. The van der Waals surface area contributed by atoms with Crippen molar-refractivity contribution in [3.63, 3.8) is 0 Å². The predicted molar refractivity (Wildman–Crippen MR) is 63.4 cm³/mol. The molecule has 3 N–H and O–H groups in total. The lowest BCUT2D eigenvalue weighted by molar-refractivity contribution is -0.143. The highest BCUT2D eigenvalue weighted by Crippen LogP contribution is 2.05. The van der Waals surface area contributed by atoms with Crippen molar-refractivity contribution >= 4 is 23.7 Å². The van der Waals surface area contributed by atoms with Crippen molar-refractivity contribution in [3.05, 3.63) is 0 Å². The summed E-state index contributed by atoms with van der Waals surface area (Å²) in [6, 6.07) is -0.860. The highest BCUT2D eigenvalue weighted by Gasteiger charge is 2.11. The topological polar surface area (TPSA) is 89.6 Å². The summed E-state index contributed by atoms with van der Waals surface area (Å²) in [5, 5.41) is 8.50. The Kier molecular flexibility index (Phi) is 9.03. The number of nitrogens with two attached hydrogens (primary N) is 1. The number of aliphatic carboxylic acids is 1. The lowest BCUT2D eigenvalue weighted by Crippen LogP contribution is -2.32. The van der Waals surface area contributed by atoms with Gasteiger partial charge in [0.05, 0.1) is 13.0 Å². The zero-order chi connectivity index (χ0) is 12.4. The van der Waals surface area contributed by atoms with E-state index in [0.29, 0.717) is 24.5 Å². The number of carboxylic acid groups (broad SMARTS) is 1. The molecule has 0 saturated heterocycles. The molecule has 0 aromatic rings. The molecular weight excluding hydrogens is 230 g/mol. The van der Waals surface area contributed by atoms with Crippen molar-refractivity contribution in [3.8, 4) is 0 Å². The normalized spacial score (nSPS) is 12.1. The molecule has 5 nitrogen and oxygen atoms in total. The SMILES string of the molecule is CCCCOC(=O)CCSC[C@H](N)C(=O)O. The molecule has 0 amide bonds. The molecule has 0 fully saturated rings. The van der Waals surface area contributed by atoms with E-state index in [-0.39, 0.29) is 5.97 Å². The predicted octanol–water partition coefficient (Wildman–Crippen LogP) is 0.865. The number of carbonyl (C=O) groups is 2. The minimum atomic E-state index is -1.02. The summed E-state index contributed by atoms with van der Waals surface area (Å²) in [6.07, 6.45) is 2.18. The Balaban J connectivity index is 3.37. The highest BCUT2D eigenvalue weighted by molar-refractivity contribution is 7.99. The van der Waals surface area contributed by atoms with Crippen LogP contribution in [0.15, 0.2) is 0 Å². The van der Waals surface area contributed by atoms with Gasteiger partial charge in [0.15, 0.2) is 0 Å². The highest BCUT2D eigenvalue weighted by atomic mass is 32.2. The van der Waals surface area contributed by atoms with Crippen molar-refractivity contribution in [2.24, 2.45) is 5.73 Å². The van der Waals surface area contributed by atoms with Crippen molar-refractivity contribution < 1.29 is 19.4 Å². The summed E-state index contributed by atoms with van der Waals surface area (Å²) in [5.74, 6) is -0.383. The largest absolute Gasteiger partial charge is 0.480 e. The van der Waals surface area contributed by atoms with Crippen LogP contribution in [-0.4, -0.2) is 41.2 Å². The maximum absolute atomic E-state index is 11.1. The van der Waals surface area contributed by atoms with Gasteiger partial charge in [0, 0.05) is 11.5 Å². The molecule has 0 saturated carbocycles. The van der Waals surface area contributed by atoms with Gasteiger partial charge in [-0.05, 0) is 6.42 Å². The quantitative estimate of drug-likeness (QED) is 0.465. The number of unbranched alkanes of at least 4 members (excludes halogenated alkanes) is 1. The Hall–Kier alpha value is -0.750. The Labute approximate surface area is 99.7 Å². The minimum Gasteiger partial charge on any atom is -0.480 e. The molecule has 0 heterocycles. The first-order valence-electron chi connectivity index (χ1n) is 5.29. The smallest absolute Gasteiger partial charge is 0.321 e. The molecule has 0 aromatic heterocycles. The summed E-state index contributed by atoms with van der Waals surface area (Å²) < 4.78 is 4.94. The van der Waals surface area contributed by atoms with Crippen LogP contribution in [0, 0.1) is 0 Å². The van der Waals surface area contributed by atoms with Crippen LogP contribution in [0.5, 0.6) is 0 Å². The lowest BCUT2D eigenvalue weighted by Gasteiger charge is -2.06. The molecule has 0 spiro atoms. The number of ether oxygens (including phenoxy) is 1. The van der Waals surface area contributed by atoms with Crippen molar-refractivity contribution in [1.29, 1.82) is 0 Å². The second kappa shape index (κ2) is 9.47. The fourth-order valence-electron chi connectivity index (χ4n) is 0.840. The summed E-state index contributed by atoms with van der Waals surface area (Å²) in [5.41, 5.74) is 5.30. The van der Waals surface area contributed by atoms with Crippen LogP contribution in [0.3, 0.4) is 0 Å². The number of carbonyl (C=O) groups excluding carboxylic acids is 1. The molecule has 6 heteroatoms. The zero-order valence-corrected chi connectivity index (χ0v) is 10.3. The van der Waals surface area contributed by atoms with Gasteiger partial charge in [-0.1, -0.05) is 13.3 Å². The molecule has 94 valence electrons. The molecule has 1 atom stereocenters. The van der Waals surface area contributed by atoms with Gasteiger partial charge in [-0.2, -0.15) is 11.8 Å². The second-order valence-electron chi connectivity index (χ2n) is 3.34. The van der Waals surface area contributed by atoms with Crippen LogP contribution >= 0.6 is 11.8 Å². The van der Waals surface area contributed by atoms with Gasteiger partial charge in [0.1, 0.15) is 6.04 Å². The molecule has 0 aliphatic carbocycles. The Bertz CT molecular complexity index is 223. The Morgan fingerprint density at radius 3 is 2.75 bits per heavy atom. The van der Waals surface area contributed by atoms with E-state index in [0.717, 1.165) is 12.8 Å². The molecule has 0 aliphatic rings. The summed E-state index contributed by atoms with van der Waals surface area (Å²) in [7, 11) is 0. The van der Waals surface area contributed by atoms with E-state index < -0.39 is 12.0 Å². The third-order valence-electron chi connectivity index (χ3n) is 1.83. The van der Waals surface area contributed by atoms with Crippen LogP contribution in [-0.2, 0) is 14.3 Å². The van der Waals surface area contributed by atoms with Crippen molar-refractivity contribution in [2.75, 3.05) is 18.1 Å². The first kappa shape index (κ1) is 15.2. The molecule has 0 unspecified atom stereocenters. The van der Waals surface area contributed by atoms with E-state index in [4.69, 9.17) is 15.6 Å². The number of hydrogen-bond acceptors (Lipinski definition) is 5. The molecule has 0 bridgehead atoms. The summed E-state index contributed by atoms with van der Waals surface area (Å²) in [4.78, 5) is 21.5. The molecular formula is C10H19NO4S. The monoisotopic (exact) mass is 249 g/mol. The van der Waals surface area contributed by atoms with Gasteiger partial charge >= 0.3 is 11.9 Å². The van der Waals surface area contributed by atoms with E-state index in [9.17, 15) is 9.59 Å². The summed E-state index contributed by atoms with van der Waals surface area (Å²) >= 11 is 1.35. The van der Waals surface area contributed by atoms with Crippen molar-refractivity contribution in [1.82, 2.24) is 0 Å². The third kappa shape index (κ3) is 8.55. The Morgan fingerprint density at radius 1 is 1.50 bits per heavy atom. The second-order valence-corrected chi connectivity index (χ2v) is 4.49. The molecule has 0 rings (SSSR count).